The zero-order valence-electron chi connectivity index (χ0n) is 12.1. The maximum atomic E-state index is 12.6. The van der Waals surface area contributed by atoms with Gasteiger partial charge in [-0.05, 0) is 17.9 Å². The maximum Gasteiger partial charge on any atom is 0.322 e. The highest BCUT2D eigenvalue weighted by atomic mass is 32.2. The van der Waals surface area contributed by atoms with Crippen LogP contribution in [-0.2, 0) is 21.5 Å². The summed E-state index contributed by atoms with van der Waals surface area (Å²) in [4.78, 5) is 11.3. The molecule has 1 aliphatic heterocycles. The maximum absolute atomic E-state index is 12.6. The fraction of sp³-hybridized carbons (Fsp3) is 0.500. The molecule has 6 nitrogen and oxygen atoms in total. The first kappa shape index (κ1) is 15.9. The molecule has 2 unspecified atom stereocenters. The third-order valence-corrected chi connectivity index (χ3v) is 5.76. The minimum Gasteiger partial charge on any atom is -0.480 e. The van der Waals surface area contributed by atoms with E-state index in [0.29, 0.717) is 6.42 Å². The fourth-order valence-corrected chi connectivity index (χ4v) is 4.23. The Morgan fingerprint density at radius 1 is 1.38 bits per heavy atom. The van der Waals surface area contributed by atoms with E-state index >= 15 is 0 Å². The number of carboxylic acid groups (broad SMARTS) is 1. The predicted octanol–water partition coefficient (Wildman–Crippen LogP) is 1.16. The Morgan fingerprint density at radius 3 is 2.57 bits per heavy atom. The van der Waals surface area contributed by atoms with Crippen molar-refractivity contribution in [3.63, 3.8) is 0 Å². The van der Waals surface area contributed by atoms with Crippen molar-refractivity contribution < 1.29 is 18.3 Å². The van der Waals surface area contributed by atoms with E-state index in [-0.39, 0.29) is 19.0 Å². The van der Waals surface area contributed by atoms with Gasteiger partial charge in [0.15, 0.2) is 0 Å². The molecule has 21 heavy (non-hydrogen) atoms. The molecule has 1 heterocycles. The largest absolute Gasteiger partial charge is 0.480 e. The first-order valence-electron chi connectivity index (χ1n) is 6.84. The number of nitrogens with zero attached hydrogens (tertiary/aromatic N) is 2. The van der Waals surface area contributed by atoms with Crippen LogP contribution in [0.5, 0.6) is 0 Å². The fourth-order valence-electron chi connectivity index (χ4n) is 2.64. The van der Waals surface area contributed by atoms with Crippen molar-refractivity contribution in [2.75, 3.05) is 13.6 Å². The van der Waals surface area contributed by atoms with E-state index in [1.165, 1.54) is 11.4 Å². The van der Waals surface area contributed by atoms with Crippen molar-refractivity contribution in [2.45, 2.75) is 25.9 Å². The van der Waals surface area contributed by atoms with Gasteiger partial charge in [0.2, 0.25) is 0 Å². The van der Waals surface area contributed by atoms with Crippen molar-refractivity contribution >= 4 is 16.2 Å². The standard InChI is InChI=1S/C14H20N2O4S/c1-11-8-9-16(13(11)14(17)18)21(19,20)15(2)10-12-6-4-3-5-7-12/h3-7,11,13H,8-10H2,1-2H3,(H,17,18). The Bertz CT molecular complexity index is 603. The van der Waals surface area contributed by atoms with Gasteiger partial charge in [0.25, 0.3) is 10.2 Å². The first-order valence-corrected chi connectivity index (χ1v) is 8.23. The summed E-state index contributed by atoms with van der Waals surface area (Å²) in [6.07, 6.45) is 0.565. The summed E-state index contributed by atoms with van der Waals surface area (Å²) >= 11 is 0. The van der Waals surface area contributed by atoms with Crippen LogP contribution < -0.4 is 0 Å². The molecule has 2 rings (SSSR count). The molecule has 7 heteroatoms. The van der Waals surface area contributed by atoms with Crippen LogP contribution in [0.15, 0.2) is 30.3 Å². The SMILES string of the molecule is CC1CCN(S(=O)(=O)N(C)Cc2ccccc2)C1C(=O)O. The highest BCUT2D eigenvalue weighted by molar-refractivity contribution is 7.86. The monoisotopic (exact) mass is 312 g/mol. The molecule has 1 fully saturated rings. The van der Waals surface area contributed by atoms with Crippen LogP contribution in [0.25, 0.3) is 0 Å². The van der Waals surface area contributed by atoms with E-state index < -0.39 is 22.2 Å². The van der Waals surface area contributed by atoms with Gasteiger partial charge >= 0.3 is 5.97 Å². The summed E-state index contributed by atoms with van der Waals surface area (Å²) in [5.41, 5.74) is 0.864. The molecule has 0 spiro atoms. The molecule has 0 amide bonds. The number of benzene rings is 1. The molecule has 0 aliphatic carbocycles. The lowest BCUT2D eigenvalue weighted by molar-refractivity contribution is -0.141. The third kappa shape index (κ3) is 3.25. The Balaban J connectivity index is 2.19. The van der Waals surface area contributed by atoms with Gasteiger partial charge in [0.1, 0.15) is 6.04 Å². The van der Waals surface area contributed by atoms with Crippen molar-refractivity contribution in [3.05, 3.63) is 35.9 Å². The van der Waals surface area contributed by atoms with E-state index in [9.17, 15) is 18.3 Å². The van der Waals surface area contributed by atoms with E-state index in [1.54, 1.807) is 6.92 Å². The van der Waals surface area contributed by atoms with Crippen LogP contribution >= 0.6 is 0 Å². The van der Waals surface area contributed by atoms with Crippen molar-refractivity contribution in [3.8, 4) is 0 Å². The molecule has 116 valence electrons. The topological polar surface area (TPSA) is 77.9 Å². The Kier molecular flexibility index (Phi) is 4.65. The smallest absolute Gasteiger partial charge is 0.322 e. The van der Waals surface area contributed by atoms with Crippen LogP contribution in [0, 0.1) is 5.92 Å². The number of aliphatic carboxylic acids is 1. The van der Waals surface area contributed by atoms with Crippen molar-refractivity contribution in [2.24, 2.45) is 5.92 Å². The average Bonchev–Trinajstić information content (AvgIpc) is 2.82. The molecule has 0 radical (unpaired) electrons. The summed E-state index contributed by atoms with van der Waals surface area (Å²) in [7, 11) is -2.30. The highest BCUT2D eigenvalue weighted by Gasteiger charge is 2.44. The Morgan fingerprint density at radius 2 is 2.00 bits per heavy atom. The van der Waals surface area contributed by atoms with E-state index in [0.717, 1.165) is 9.87 Å². The second kappa shape index (κ2) is 6.13. The Hall–Kier alpha value is -1.44. The minimum absolute atomic E-state index is 0.178. The zero-order valence-corrected chi connectivity index (χ0v) is 13.0. The lowest BCUT2D eigenvalue weighted by atomic mass is 10.0. The number of rotatable bonds is 5. The molecule has 1 saturated heterocycles. The number of carbonyl (C=O) groups is 1. The molecule has 1 aromatic carbocycles. The second-order valence-corrected chi connectivity index (χ2v) is 7.40. The van der Waals surface area contributed by atoms with Crippen LogP contribution in [0.1, 0.15) is 18.9 Å². The van der Waals surface area contributed by atoms with Crippen molar-refractivity contribution in [1.29, 1.82) is 0 Å². The molecule has 0 bridgehead atoms. The zero-order chi connectivity index (χ0) is 15.6. The molecule has 1 aliphatic rings. The molecule has 1 aromatic rings. The summed E-state index contributed by atoms with van der Waals surface area (Å²) in [6, 6.07) is 8.25. The number of hydrogen-bond acceptors (Lipinski definition) is 3. The number of carboxylic acids is 1. The van der Waals surface area contributed by atoms with Gasteiger partial charge in [0, 0.05) is 20.1 Å². The van der Waals surface area contributed by atoms with Gasteiger partial charge in [-0.2, -0.15) is 17.0 Å². The summed E-state index contributed by atoms with van der Waals surface area (Å²) in [5.74, 6) is -1.26. The van der Waals surface area contributed by atoms with Gasteiger partial charge in [-0.3, -0.25) is 4.79 Å². The van der Waals surface area contributed by atoms with E-state index in [2.05, 4.69) is 0 Å². The molecular formula is C14H20N2O4S. The van der Waals surface area contributed by atoms with Gasteiger partial charge in [0.05, 0.1) is 0 Å². The predicted molar refractivity (Wildman–Crippen MR) is 78.7 cm³/mol. The van der Waals surface area contributed by atoms with E-state index in [1.807, 2.05) is 30.3 Å². The molecule has 0 aromatic heterocycles. The summed E-state index contributed by atoms with van der Waals surface area (Å²) in [5, 5.41) is 9.26. The normalized spacial score (nSPS) is 23.6. The molecule has 1 N–H and O–H groups in total. The second-order valence-electron chi connectivity index (χ2n) is 5.41. The van der Waals surface area contributed by atoms with Crippen LogP contribution in [-0.4, -0.2) is 47.7 Å². The lowest BCUT2D eigenvalue weighted by Gasteiger charge is -2.27. The van der Waals surface area contributed by atoms with Gasteiger partial charge in [-0.25, -0.2) is 0 Å². The van der Waals surface area contributed by atoms with Gasteiger partial charge in [-0.1, -0.05) is 37.3 Å². The van der Waals surface area contributed by atoms with E-state index in [4.69, 9.17) is 0 Å². The average molecular weight is 312 g/mol. The molecular weight excluding hydrogens is 292 g/mol. The van der Waals surface area contributed by atoms with Crippen LogP contribution in [0.2, 0.25) is 0 Å². The summed E-state index contributed by atoms with van der Waals surface area (Å²) < 4.78 is 27.5. The third-order valence-electron chi connectivity index (χ3n) is 3.85. The highest BCUT2D eigenvalue weighted by Crippen LogP contribution is 2.28. The Labute approximate surface area is 125 Å². The quantitative estimate of drug-likeness (QED) is 0.885. The lowest BCUT2D eigenvalue weighted by Crippen LogP contribution is -2.48. The van der Waals surface area contributed by atoms with Crippen molar-refractivity contribution in [1.82, 2.24) is 8.61 Å². The van der Waals surface area contributed by atoms with Crippen LogP contribution in [0.3, 0.4) is 0 Å². The first-order chi connectivity index (χ1) is 9.84. The van der Waals surface area contributed by atoms with Gasteiger partial charge in [-0.15, -0.1) is 0 Å². The summed E-state index contributed by atoms with van der Waals surface area (Å²) in [6.45, 7) is 2.24. The number of hydrogen-bond donors (Lipinski definition) is 1. The van der Waals surface area contributed by atoms with Crippen LogP contribution in [0.4, 0.5) is 0 Å². The molecule has 0 saturated carbocycles. The van der Waals surface area contributed by atoms with Gasteiger partial charge < -0.3 is 5.11 Å². The minimum atomic E-state index is -3.78. The molecule has 2 atom stereocenters.